The second-order valence-corrected chi connectivity index (χ2v) is 5.50. The van der Waals surface area contributed by atoms with Gasteiger partial charge in [-0.2, -0.15) is 0 Å². The van der Waals surface area contributed by atoms with E-state index in [1.54, 1.807) is 6.07 Å². The molecule has 1 aromatic rings. The molecule has 1 saturated heterocycles. The number of hydrogen-bond acceptors (Lipinski definition) is 2. The summed E-state index contributed by atoms with van der Waals surface area (Å²) in [4.78, 5) is 2.14. The van der Waals surface area contributed by atoms with Crippen LogP contribution in [-0.2, 0) is 6.54 Å². The Labute approximate surface area is 109 Å². The van der Waals surface area contributed by atoms with Crippen LogP contribution in [0, 0.1) is 11.7 Å². The topological polar surface area (TPSA) is 15.3 Å². The summed E-state index contributed by atoms with van der Waals surface area (Å²) < 4.78 is 14.0. The highest BCUT2D eigenvalue weighted by Gasteiger charge is 2.15. The van der Waals surface area contributed by atoms with Gasteiger partial charge in [0, 0.05) is 19.6 Å². The lowest BCUT2D eigenvalue weighted by Crippen LogP contribution is -2.20. The number of hydrogen-bond donors (Lipinski definition) is 1. The van der Waals surface area contributed by atoms with Crippen molar-refractivity contribution in [1.82, 2.24) is 5.32 Å². The van der Waals surface area contributed by atoms with Gasteiger partial charge in [0.25, 0.3) is 0 Å². The Balaban J connectivity index is 1.96. The lowest BCUT2D eigenvalue weighted by molar-refractivity contribution is 0.550. The average Bonchev–Trinajstić information content (AvgIpc) is 2.82. The molecule has 0 spiro atoms. The van der Waals surface area contributed by atoms with E-state index in [4.69, 9.17) is 0 Å². The van der Waals surface area contributed by atoms with Gasteiger partial charge < -0.3 is 10.2 Å². The zero-order chi connectivity index (χ0) is 13.0. The first-order valence-electron chi connectivity index (χ1n) is 6.91. The summed E-state index contributed by atoms with van der Waals surface area (Å²) in [6.45, 7) is 8.03. The Hall–Kier alpha value is -1.09. The van der Waals surface area contributed by atoms with Crippen molar-refractivity contribution in [3.63, 3.8) is 0 Å². The van der Waals surface area contributed by atoms with Gasteiger partial charge in [-0.3, -0.25) is 0 Å². The maximum absolute atomic E-state index is 14.0. The van der Waals surface area contributed by atoms with Crippen molar-refractivity contribution in [1.29, 1.82) is 0 Å². The molecule has 0 bridgehead atoms. The fourth-order valence-electron chi connectivity index (χ4n) is 2.38. The summed E-state index contributed by atoms with van der Waals surface area (Å²) in [5, 5.41) is 3.34. The molecular weight excluding hydrogens is 227 g/mol. The number of nitrogens with one attached hydrogen (secondary N) is 1. The molecule has 18 heavy (non-hydrogen) atoms. The Morgan fingerprint density at radius 2 is 2.00 bits per heavy atom. The second kappa shape index (κ2) is 6.19. The van der Waals surface area contributed by atoms with Gasteiger partial charge in [0.05, 0.1) is 5.69 Å². The molecule has 1 aromatic carbocycles. The zero-order valence-corrected chi connectivity index (χ0v) is 11.4. The first-order valence-corrected chi connectivity index (χ1v) is 6.91. The van der Waals surface area contributed by atoms with Crippen molar-refractivity contribution < 1.29 is 4.39 Å². The first kappa shape index (κ1) is 13.3. The molecule has 2 rings (SSSR count). The number of rotatable bonds is 5. The highest BCUT2D eigenvalue weighted by molar-refractivity contribution is 5.49. The smallest absolute Gasteiger partial charge is 0.146 e. The van der Waals surface area contributed by atoms with E-state index in [9.17, 15) is 4.39 Å². The molecule has 0 aromatic heterocycles. The van der Waals surface area contributed by atoms with E-state index in [0.717, 1.165) is 37.4 Å². The van der Waals surface area contributed by atoms with Gasteiger partial charge in [-0.1, -0.05) is 19.9 Å². The van der Waals surface area contributed by atoms with Gasteiger partial charge in [0.1, 0.15) is 5.82 Å². The zero-order valence-electron chi connectivity index (χ0n) is 11.4. The lowest BCUT2D eigenvalue weighted by Gasteiger charge is -2.19. The van der Waals surface area contributed by atoms with E-state index < -0.39 is 0 Å². The Kier molecular flexibility index (Phi) is 4.59. The molecule has 100 valence electrons. The molecule has 1 aliphatic heterocycles. The molecule has 1 aliphatic rings. The minimum absolute atomic E-state index is 0.0826. The lowest BCUT2D eigenvalue weighted by atomic mass is 10.1. The minimum atomic E-state index is -0.0826. The van der Waals surface area contributed by atoms with Gasteiger partial charge in [0.2, 0.25) is 0 Å². The molecule has 1 N–H and O–H groups in total. The van der Waals surface area contributed by atoms with Crippen LogP contribution in [0.3, 0.4) is 0 Å². The fraction of sp³-hybridized carbons (Fsp3) is 0.600. The minimum Gasteiger partial charge on any atom is -0.369 e. The fourth-order valence-corrected chi connectivity index (χ4v) is 2.38. The third kappa shape index (κ3) is 3.45. The highest BCUT2D eigenvalue weighted by atomic mass is 19.1. The van der Waals surface area contributed by atoms with E-state index in [1.165, 1.54) is 12.8 Å². The Bertz CT molecular complexity index is 384. The van der Waals surface area contributed by atoms with Crippen LogP contribution in [-0.4, -0.2) is 19.6 Å². The van der Waals surface area contributed by atoms with Crippen LogP contribution in [0.25, 0.3) is 0 Å². The third-order valence-electron chi connectivity index (χ3n) is 3.34. The van der Waals surface area contributed by atoms with E-state index >= 15 is 0 Å². The molecule has 1 heterocycles. The molecule has 0 aliphatic carbocycles. The van der Waals surface area contributed by atoms with Crippen molar-refractivity contribution in [3.05, 3.63) is 29.6 Å². The Morgan fingerprint density at radius 3 is 2.61 bits per heavy atom. The average molecular weight is 250 g/mol. The summed E-state index contributed by atoms with van der Waals surface area (Å²) in [5.74, 6) is 0.541. The number of nitrogens with zero attached hydrogens (tertiary/aromatic N) is 1. The van der Waals surface area contributed by atoms with Crippen LogP contribution in [0.15, 0.2) is 18.2 Å². The van der Waals surface area contributed by atoms with Gasteiger partial charge in [0.15, 0.2) is 0 Å². The van der Waals surface area contributed by atoms with Gasteiger partial charge in [-0.05, 0) is 43.0 Å². The highest BCUT2D eigenvalue weighted by Crippen LogP contribution is 2.24. The van der Waals surface area contributed by atoms with Crippen LogP contribution in [0.5, 0.6) is 0 Å². The molecule has 0 unspecified atom stereocenters. The number of benzene rings is 1. The van der Waals surface area contributed by atoms with E-state index in [0.29, 0.717) is 5.92 Å². The van der Waals surface area contributed by atoms with E-state index in [2.05, 4.69) is 24.1 Å². The summed E-state index contributed by atoms with van der Waals surface area (Å²) in [6.07, 6.45) is 2.36. The summed E-state index contributed by atoms with van der Waals surface area (Å²) in [6, 6.07) is 5.62. The SMILES string of the molecule is CC(C)CNCc1ccc(N2CCCC2)c(F)c1. The molecule has 0 atom stereocenters. The van der Waals surface area contributed by atoms with Gasteiger partial charge in [-0.15, -0.1) is 0 Å². The van der Waals surface area contributed by atoms with Crippen molar-refractivity contribution >= 4 is 5.69 Å². The van der Waals surface area contributed by atoms with Gasteiger partial charge >= 0.3 is 0 Å². The quantitative estimate of drug-likeness (QED) is 0.863. The van der Waals surface area contributed by atoms with Crippen LogP contribution in [0.1, 0.15) is 32.3 Å². The summed E-state index contributed by atoms with van der Waals surface area (Å²) >= 11 is 0. The van der Waals surface area contributed by atoms with Crippen molar-refractivity contribution in [2.24, 2.45) is 5.92 Å². The molecule has 2 nitrogen and oxygen atoms in total. The third-order valence-corrected chi connectivity index (χ3v) is 3.34. The monoisotopic (exact) mass is 250 g/mol. The van der Waals surface area contributed by atoms with Crippen LogP contribution >= 0.6 is 0 Å². The van der Waals surface area contributed by atoms with Crippen LogP contribution in [0.4, 0.5) is 10.1 Å². The maximum atomic E-state index is 14.0. The molecule has 0 saturated carbocycles. The molecule has 1 fully saturated rings. The second-order valence-electron chi connectivity index (χ2n) is 5.50. The normalized spacial score (nSPS) is 15.7. The summed E-state index contributed by atoms with van der Waals surface area (Å²) in [7, 11) is 0. The molecule has 0 amide bonds. The van der Waals surface area contributed by atoms with Gasteiger partial charge in [-0.25, -0.2) is 4.39 Å². The predicted molar refractivity (Wildman–Crippen MR) is 74.4 cm³/mol. The number of halogens is 1. The van der Waals surface area contributed by atoms with E-state index in [1.807, 2.05) is 12.1 Å². The largest absolute Gasteiger partial charge is 0.369 e. The molecule has 0 radical (unpaired) electrons. The van der Waals surface area contributed by atoms with E-state index in [-0.39, 0.29) is 5.82 Å². The first-order chi connectivity index (χ1) is 8.66. The van der Waals surface area contributed by atoms with Crippen LogP contribution in [0.2, 0.25) is 0 Å². The number of anilines is 1. The van der Waals surface area contributed by atoms with Crippen molar-refractivity contribution in [2.75, 3.05) is 24.5 Å². The molecular formula is C15H23FN2. The van der Waals surface area contributed by atoms with Crippen LogP contribution < -0.4 is 10.2 Å². The van der Waals surface area contributed by atoms with Crippen molar-refractivity contribution in [2.45, 2.75) is 33.2 Å². The van der Waals surface area contributed by atoms with Crippen molar-refractivity contribution in [3.8, 4) is 0 Å². The summed E-state index contributed by atoms with van der Waals surface area (Å²) in [5.41, 5.74) is 1.79. The standard InChI is InChI=1S/C15H23FN2/c1-12(2)10-17-11-13-5-6-15(14(16)9-13)18-7-3-4-8-18/h5-6,9,12,17H,3-4,7-8,10-11H2,1-2H3. The molecule has 3 heteroatoms. The Morgan fingerprint density at radius 1 is 1.28 bits per heavy atom. The predicted octanol–water partition coefficient (Wildman–Crippen LogP) is 3.17. The maximum Gasteiger partial charge on any atom is 0.146 e.